The number of aromatic nitrogens is 1. The standard InChI is InChI=1S/C14H19ClN2O3/c1-14(2,3)20-13(18)17-5-4-11(17)9-19-12-6-10(15)7-16-8-12/h6-8,11H,4-5,9H2,1-3H3/t11-/m1/s1. The summed E-state index contributed by atoms with van der Waals surface area (Å²) in [4.78, 5) is 17.6. The Morgan fingerprint density at radius 3 is 2.80 bits per heavy atom. The van der Waals surface area contributed by atoms with Crippen LogP contribution in [-0.2, 0) is 4.74 Å². The molecule has 1 atom stereocenters. The van der Waals surface area contributed by atoms with Crippen molar-refractivity contribution in [1.82, 2.24) is 9.88 Å². The number of carbonyl (C=O) groups is 1. The summed E-state index contributed by atoms with van der Waals surface area (Å²) in [7, 11) is 0. The van der Waals surface area contributed by atoms with Crippen LogP contribution < -0.4 is 4.74 Å². The Balaban J connectivity index is 1.84. The molecular formula is C14H19ClN2O3. The van der Waals surface area contributed by atoms with Crippen LogP contribution in [0, 0.1) is 0 Å². The van der Waals surface area contributed by atoms with Crippen LogP contribution in [0.15, 0.2) is 18.5 Å². The predicted molar refractivity (Wildman–Crippen MR) is 76.1 cm³/mol. The van der Waals surface area contributed by atoms with Crippen molar-refractivity contribution in [2.75, 3.05) is 13.2 Å². The van der Waals surface area contributed by atoms with Crippen LogP contribution in [0.2, 0.25) is 5.02 Å². The molecule has 0 saturated carbocycles. The Labute approximate surface area is 123 Å². The highest BCUT2D eigenvalue weighted by molar-refractivity contribution is 6.30. The fraction of sp³-hybridized carbons (Fsp3) is 0.571. The molecule has 1 aromatic heterocycles. The van der Waals surface area contributed by atoms with E-state index in [4.69, 9.17) is 21.1 Å². The Morgan fingerprint density at radius 2 is 2.25 bits per heavy atom. The summed E-state index contributed by atoms with van der Waals surface area (Å²) < 4.78 is 10.9. The first kappa shape index (κ1) is 14.9. The molecule has 0 N–H and O–H groups in total. The van der Waals surface area contributed by atoms with Crippen LogP contribution in [0.1, 0.15) is 27.2 Å². The third-order valence-corrected chi connectivity index (χ3v) is 3.10. The minimum atomic E-state index is -0.477. The molecule has 0 unspecified atom stereocenters. The second-order valence-corrected chi connectivity index (χ2v) is 6.20. The van der Waals surface area contributed by atoms with Crippen molar-refractivity contribution in [2.24, 2.45) is 0 Å². The average molecular weight is 299 g/mol. The summed E-state index contributed by atoms with van der Waals surface area (Å²) in [6, 6.07) is 1.74. The SMILES string of the molecule is CC(C)(C)OC(=O)N1CC[C@@H]1COc1cncc(Cl)c1. The van der Waals surface area contributed by atoms with E-state index in [1.807, 2.05) is 20.8 Å². The van der Waals surface area contributed by atoms with Gasteiger partial charge in [0.15, 0.2) is 0 Å². The van der Waals surface area contributed by atoms with Gasteiger partial charge in [-0.3, -0.25) is 4.98 Å². The number of hydrogen-bond donors (Lipinski definition) is 0. The number of amides is 1. The van der Waals surface area contributed by atoms with E-state index in [0.717, 1.165) is 6.42 Å². The van der Waals surface area contributed by atoms with Gasteiger partial charge >= 0.3 is 6.09 Å². The van der Waals surface area contributed by atoms with Crippen LogP contribution >= 0.6 is 11.6 Å². The molecule has 1 saturated heterocycles. The number of rotatable bonds is 3. The first-order valence-electron chi connectivity index (χ1n) is 6.58. The lowest BCUT2D eigenvalue weighted by atomic mass is 10.1. The lowest BCUT2D eigenvalue weighted by molar-refractivity contribution is -0.0141. The van der Waals surface area contributed by atoms with Crippen molar-refractivity contribution in [2.45, 2.75) is 38.8 Å². The van der Waals surface area contributed by atoms with Gasteiger partial charge in [-0.2, -0.15) is 0 Å². The summed E-state index contributed by atoms with van der Waals surface area (Å²) >= 11 is 5.83. The Kier molecular flexibility index (Phi) is 4.38. The molecule has 1 fully saturated rings. The van der Waals surface area contributed by atoms with E-state index >= 15 is 0 Å². The third-order valence-electron chi connectivity index (χ3n) is 2.89. The zero-order valence-corrected chi connectivity index (χ0v) is 12.7. The van der Waals surface area contributed by atoms with Crippen molar-refractivity contribution >= 4 is 17.7 Å². The lowest BCUT2D eigenvalue weighted by Crippen LogP contribution is -2.55. The van der Waals surface area contributed by atoms with E-state index in [9.17, 15) is 4.79 Å². The Morgan fingerprint density at radius 1 is 1.50 bits per heavy atom. The van der Waals surface area contributed by atoms with Gasteiger partial charge in [-0.25, -0.2) is 4.79 Å². The fourth-order valence-electron chi connectivity index (χ4n) is 1.84. The molecule has 1 aromatic rings. The van der Waals surface area contributed by atoms with E-state index in [1.54, 1.807) is 23.4 Å². The maximum Gasteiger partial charge on any atom is 0.410 e. The lowest BCUT2D eigenvalue weighted by Gasteiger charge is -2.40. The van der Waals surface area contributed by atoms with Gasteiger partial charge in [0.2, 0.25) is 0 Å². The van der Waals surface area contributed by atoms with Crippen molar-refractivity contribution in [3.05, 3.63) is 23.5 Å². The summed E-state index contributed by atoms with van der Waals surface area (Å²) in [5, 5.41) is 0.528. The molecule has 0 spiro atoms. The van der Waals surface area contributed by atoms with E-state index < -0.39 is 5.60 Å². The first-order valence-corrected chi connectivity index (χ1v) is 6.96. The van der Waals surface area contributed by atoms with E-state index in [0.29, 0.717) is 23.9 Å². The summed E-state index contributed by atoms with van der Waals surface area (Å²) in [6.07, 6.45) is 3.77. The fourth-order valence-corrected chi connectivity index (χ4v) is 2.00. The zero-order valence-electron chi connectivity index (χ0n) is 11.9. The second-order valence-electron chi connectivity index (χ2n) is 5.77. The molecule has 1 aliphatic heterocycles. The minimum absolute atomic E-state index is 0.0452. The van der Waals surface area contributed by atoms with Gasteiger partial charge in [-0.05, 0) is 27.2 Å². The van der Waals surface area contributed by atoms with Gasteiger partial charge in [0.25, 0.3) is 0 Å². The largest absolute Gasteiger partial charge is 0.490 e. The molecule has 110 valence electrons. The van der Waals surface area contributed by atoms with Gasteiger partial charge in [-0.1, -0.05) is 11.6 Å². The van der Waals surface area contributed by atoms with Crippen LogP contribution in [0.25, 0.3) is 0 Å². The number of likely N-dealkylation sites (tertiary alicyclic amines) is 1. The number of pyridine rings is 1. The summed E-state index contributed by atoms with van der Waals surface area (Å²) in [6.45, 7) is 6.69. The molecular weight excluding hydrogens is 280 g/mol. The molecule has 1 amide bonds. The highest BCUT2D eigenvalue weighted by Crippen LogP contribution is 2.23. The highest BCUT2D eigenvalue weighted by atomic mass is 35.5. The topological polar surface area (TPSA) is 51.7 Å². The molecule has 0 aromatic carbocycles. The van der Waals surface area contributed by atoms with Gasteiger partial charge < -0.3 is 14.4 Å². The van der Waals surface area contributed by atoms with E-state index in [2.05, 4.69) is 4.98 Å². The van der Waals surface area contributed by atoms with Gasteiger partial charge in [0, 0.05) is 18.8 Å². The molecule has 1 aliphatic rings. The van der Waals surface area contributed by atoms with E-state index in [1.165, 1.54) is 0 Å². The van der Waals surface area contributed by atoms with Crippen molar-refractivity contribution in [3.63, 3.8) is 0 Å². The maximum absolute atomic E-state index is 11.9. The molecule has 0 bridgehead atoms. The summed E-state index contributed by atoms with van der Waals surface area (Å²) in [5.74, 6) is 0.605. The smallest absolute Gasteiger partial charge is 0.410 e. The zero-order chi connectivity index (χ0) is 14.8. The van der Waals surface area contributed by atoms with Gasteiger partial charge in [-0.15, -0.1) is 0 Å². The van der Waals surface area contributed by atoms with Crippen LogP contribution in [-0.4, -0.2) is 40.8 Å². The highest BCUT2D eigenvalue weighted by Gasteiger charge is 2.35. The first-order chi connectivity index (χ1) is 9.35. The molecule has 5 nitrogen and oxygen atoms in total. The number of ether oxygens (including phenoxy) is 2. The predicted octanol–water partition coefficient (Wildman–Crippen LogP) is 3.12. The summed E-state index contributed by atoms with van der Waals surface area (Å²) in [5.41, 5.74) is -0.477. The number of halogens is 1. The molecule has 20 heavy (non-hydrogen) atoms. The van der Waals surface area contributed by atoms with Crippen LogP contribution in [0.4, 0.5) is 4.79 Å². The molecule has 6 heteroatoms. The molecule has 0 aliphatic carbocycles. The number of nitrogens with zero attached hydrogens (tertiary/aromatic N) is 2. The van der Waals surface area contributed by atoms with Gasteiger partial charge in [0.05, 0.1) is 17.3 Å². The van der Waals surface area contributed by atoms with Crippen LogP contribution in [0.3, 0.4) is 0 Å². The van der Waals surface area contributed by atoms with Crippen molar-refractivity contribution in [1.29, 1.82) is 0 Å². The quantitative estimate of drug-likeness (QED) is 0.860. The third kappa shape index (κ3) is 4.00. The second kappa shape index (κ2) is 5.87. The molecule has 0 radical (unpaired) electrons. The molecule has 2 heterocycles. The number of carbonyl (C=O) groups excluding carboxylic acids is 1. The van der Waals surface area contributed by atoms with Gasteiger partial charge in [0.1, 0.15) is 18.0 Å². The number of hydrogen-bond acceptors (Lipinski definition) is 4. The maximum atomic E-state index is 11.9. The minimum Gasteiger partial charge on any atom is -0.490 e. The molecule has 2 rings (SSSR count). The van der Waals surface area contributed by atoms with E-state index in [-0.39, 0.29) is 12.1 Å². The average Bonchev–Trinajstić information content (AvgIpc) is 2.24. The Bertz CT molecular complexity index is 488. The van der Waals surface area contributed by atoms with Crippen LogP contribution in [0.5, 0.6) is 5.75 Å². The van der Waals surface area contributed by atoms with Crippen molar-refractivity contribution < 1.29 is 14.3 Å². The normalized spacial score (nSPS) is 18.4. The van der Waals surface area contributed by atoms with Crippen molar-refractivity contribution in [3.8, 4) is 5.75 Å². The monoisotopic (exact) mass is 298 g/mol. The Hall–Kier alpha value is -1.49.